The van der Waals surface area contributed by atoms with Gasteiger partial charge in [-0.2, -0.15) is 0 Å². The number of ether oxygens (including phenoxy) is 3. The van der Waals surface area contributed by atoms with Crippen LogP contribution in [0.1, 0.15) is 13.3 Å². The maximum atomic E-state index is 6.01. The van der Waals surface area contributed by atoms with Gasteiger partial charge in [0.25, 0.3) is 0 Å². The summed E-state index contributed by atoms with van der Waals surface area (Å²) in [7, 11) is 2.16. The lowest BCUT2D eigenvalue weighted by molar-refractivity contribution is 0.00432. The maximum absolute atomic E-state index is 6.01. The van der Waals surface area contributed by atoms with Crippen LogP contribution in [0.5, 0.6) is 0 Å². The van der Waals surface area contributed by atoms with Gasteiger partial charge < -0.3 is 14.2 Å². The summed E-state index contributed by atoms with van der Waals surface area (Å²) in [6.07, 6.45) is 1.47. The molecule has 0 aromatic carbocycles. The number of likely N-dealkylation sites (tertiary alicyclic amines) is 1. The van der Waals surface area contributed by atoms with Gasteiger partial charge in [-0.15, -0.1) is 0 Å². The maximum Gasteiger partial charge on any atom is 0.0718 e. The summed E-state index contributed by atoms with van der Waals surface area (Å²) in [5.74, 6) is 0. The Kier molecular flexibility index (Phi) is 6.53. The Labute approximate surface area is 116 Å². The van der Waals surface area contributed by atoms with Crippen LogP contribution >= 0.6 is 0 Å². The second kappa shape index (κ2) is 8.17. The van der Waals surface area contributed by atoms with E-state index in [1.165, 1.54) is 0 Å². The molecule has 0 saturated carbocycles. The molecule has 2 aliphatic rings. The van der Waals surface area contributed by atoms with E-state index in [1.807, 2.05) is 6.92 Å². The minimum atomic E-state index is 0.372. The molecule has 2 aliphatic heterocycles. The molecule has 2 fully saturated rings. The van der Waals surface area contributed by atoms with Gasteiger partial charge in [-0.05, 0) is 20.4 Å². The molecule has 2 atom stereocenters. The van der Waals surface area contributed by atoms with E-state index in [9.17, 15) is 0 Å². The van der Waals surface area contributed by atoms with Crippen LogP contribution in [-0.2, 0) is 14.2 Å². The van der Waals surface area contributed by atoms with Gasteiger partial charge >= 0.3 is 0 Å². The second-order valence-corrected chi connectivity index (χ2v) is 5.44. The summed E-state index contributed by atoms with van der Waals surface area (Å²) >= 11 is 0. The number of likely N-dealkylation sites (N-methyl/N-ethyl adjacent to an activating group) is 1. The highest BCUT2D eigenvalue weighted by molar-refractivity contribution is 4.83. The molecule has 0 amide bonds. The fourth-order valence-corrected chi connectivity index (χ4v) is 2.77. The molecule has 0 N–H and O–H groups in total. The zero-order valence-electron chi connectivity index (χ0n) is 12.3. The first-order valence-electron chi connectivity index (χ1n) is 7.49. The van der Waals surface area contributed by atoms with Crippen LogP contribution < -0.4 is 0 Å². The van der Waals surface area contributed by atoms with Crippen LogP contribution in [-0.4, -0.2) is 88.2 Å². The minimum Gasteiger partial charge on any atom is -0.380 e. The Morgan fingerprint density at radius 3 is 2.79 bits per heavy atom. The van der Waals surface area contributed by atoms with Crippen molar-refractivity contribution in [3.63, 3.8) is 0 Å². The van der Waals surface area contributed by atoms with Crippen LogP contribution in [0, 0.1) is 0 Å². The van der Waals surface area contributed by atoms with E-state index in [2.05, 4.69) is 16.8 Å². The molecule has 0 aromatic rings. The SMILES string of the molecule is CCOC[C@@H]1C[C@@H](OCCN2CCOCC2)CN1C. The van der Waals surface area contributed by atoms with Gasteiger partial charge in [0.05, 0.1) is 32.5 Å². The van der Waals surface area contributed by atoms with Gasteiger partial charge in [0.1, 0.15) is 0 Å². The Morgan fingerprint density at radius 1 is 1.26 bits per heavy atom. The molecule has 112 valence electrons. The number of hydrogen-bond acceptors (Lipinski definition) is 5. The lowest BCUT2D eigenvalue weighted by atomic mass is 10.2. The Hall–Kier alpha value is -0.200. The first-order valence-corrected chi connectivity index (χ1v) is 7.49. The normalized spacial score (nSPS) is 30.0. The smallest absolute Gasteiger partial charge is 0.0718 e. The third kappa shape index (κ3) is 5.00. The Morgan fingerprint density at radius 2 is 2.05 bits per heavy atom. The van der Waals surface area contributed by atoms with E-state index in [1.54, 1.807) is 0 Å². The Balaban J connectivity index is 1.58. The molecule has 2 saturated heterocycles. The number of morpholine rings is 1. The van der Waals surface area contributed by atoms with Gasteiger partial charge in [0.15, 0.2) is 0 Å². The molecule has 0 radical (unpaired) electrons. The van der Waals surface area contributed by atoms with Gasteiger partial charge in [0, 0.05) is 38.8 Å². The first kappa shape index (κ1) is 15.2. The van der Waals surface area contributed by atoms with E-state index in [0.29, 0.717) is 12.1 Å². The van der Waals surface area contributed by atoms with E-state index < -0.39 is 0 Å². The summed E-state index contributed by atoms with van der Waals surface area (Å²) in [4.78, 5) is 4.77. The molecule has 19 heavy (non-hydrogen) atoms. The van der Waals surface area contributed by atoms with Crippen molar-refractivity contribution in [2.45, 2.75) is 25.5 Å². The van der Waals surface area contributed by atoms with Crippen molar-refractivity contribution in [3.8, 4) is 0 Å². The average molecular weight is 272 g/mol. The molecule has 0 aromatic heterocycles. The fraction of sp³-hybridized carbons (Fsp3) is 1.00. The molecule has 0 bridgehead atoms. The van der Waals surface area contributed by atoms with Crippen molar-refractivity contribution in [1.29, 1.82) is 0 Å². The van der Waals surface area contributed by atoms with Crippen molar-refractivity contribution < 1.29 is 14.2 Å². The predicted molar refractivity (Wildman–Crippen MR) is 74.5 cm³/mol. The standard InChI is InChI=1S/C14H28N2O3/c1-3-17-12-13-10-14(11-15(13)2)19-9-6-16-4-7-18-8-5-16/h13-14H,3-12H2,1-2H3/t13-,14+/m0/s1. The van der Waals surface area contributed by atoms with E-state index in [0.717, 1.165) is 65.6 Å². The van der Waals surface area contributed by atoms with E-state index in [-0.39, 0.29) is 0 Å². The summed E-state index contributed by atoms with van der Waals surface area (Å²) in [5.41, 5.74) is 0. The van der Waals surface area contributed by atoms with Crippen molar-refractivity contribution in [2.24, 2.45) is 0 Å². The van der Waals surface area contributed by atoms with E-state index in [4.69, 9.17) is 14.2 Å². The van der Waals surface area contributed by atoms with Crippen LogP contribution in [0.25, 0.3) is 0 Å². The zero-order chi connectivity index (χ0) is 13.5. The molecule has 0 aliphatic carbocycles. The van der Waals surface area contributed by atoms with Crippen LogP contribution in [0.2, 0.25) is 0 Å². The van der Waals surface area contributed by atoms with Gasteiger partial charge in [-0.25, -0.2) is 0 Å². The van der Waals surface area contributed by atoms with Gasteiger partial charge in [-0.1, -0.05) is 0 Å². The molecular weight excluding hydrogens is 244 g/mol. The third-order valence-corrected chi connectivity index (χ3v) is 4.03. The van der Waals surface area contributed by atoms with Crippen LogP contribution in [0.15, 0.2) is 0 Å². The fourth-order valence-electron chi connectivity index (χ4n) is 2.77. The quantitative estimate of drug-likeness (QED) is 0.672. The highest BCUT2D eigenvalue weighted by atomic mass is 16.5. The van der Waals surface area contributed by atoms with Crippen molar-refractivity contribution in [1.82, 2.24) is 9.80 Å². The largest absolute Gasteiger partial charge is 0.380 e. The van der Waals surface area contributed by atoms with Gasteiger partial charge in [0.2, 0.25) is 0 Å². The molecule has 0 spiro atoms. The summed E-state index contributed by atoms with van der Waals surface area (Å²) in [6, 6.07) is 0.522. The third-order valence-electron chi connectivity index (χ3n) is 4.03. The van der Waals surface area contributed by atoms with E-state index >= 15 is 0 Å². The lowest BCUT2D eigenvalue weighted by Gasteiger charge is -2.26. The van der Waals surface area contributed by atoms with Crippen molar-refractivity contribution in [2.75, 3.05) is 66.3 Å². The average Bonchev–Trinajstić information content (AvgIpc) is 2.78. The highest BCUT2D eigenvalue weighted by Crippen LogP contribution is 2.18. The Bertz CT molecular complexity index is 247. The number of rotatable bonds is 7. The summed E-state index contributed by atoms with van der Waals surface area (Å²) < 4.78 is 16.9. The highest BCUT2D eigenvalue weighted by Gasteiger charge is 2.30. The first-order chi connectivity index (χ1) is 9.29. The molecule has 0 unspecified atom stereocenters. The summed E-state index contributed by atoms with van der Waals surface area (Å²) in [6.45, 7) is 10.4. The molecule has 5 nitrogen and oxygen atoms in total. The van der Waals surface area contributed by atoms with Gasteiger partial charge in [-0.3, -0.25) is 9.80 Å². The molecule has 2 heterocycles. The monoisotopic (exact) mass is 272 g/mol. The zero-order valence-corrected chi connectivity index (χ0v) is 12.3. The topological polar surface area (TPSA) is 34.2 Å². The molecule has 2 rings (SSSR count). The molecular formula is C14H28N2O3. The van der Waals surface area contributed by atoms with Crippen molar-refractivity contribution in [3.05, 3.63) is 0 Å². The second-order valence-electron chi connectivity index (χ2n) is 5.44. The number of nitrogens with zero attached hydrogens (tertiary/aromatic N) is 2. The van der Waals surface area contributed by atoms with Crippen LogP contribution in [0.3, 0.4) is 0 Å². The van der Waals surface area contributed by atoms with Crippen LogP contribution in [0.4, 0.5) is 0 Å². The predicted octanol–water partition coefficient (Wildman–Crippen LogP) is 0.444. The minimum absolute atomic E-state index is 0.372. The number of hydrogen-bond donors (Lipinski definition) is 0. The molecule has 5 heteroatoms. The van der Waals surface area contributed by atoms with Crippen molar-refractivity contribution >= 4 is 0 Å². The lowest BCUT2D eigenvalue weighted by Crippen LogP contribution is -2.38. The summed E-state index contributed by atoms with van der Waals surface area (Å²) in [5, 5.41) is 0.